The normalized spacial score (nSPS) is 18.3. The predicted octanol–water partition coefficient (Wildman–Crippen LogP) is 7.14. The first-order valence-electron chi connectivity index (χ1n) is 14.6. The minimum atomic E-state index is -4.69. The van der Waals surface area contributed by atoms with Gasteiger partial charge in [-0.1, -0.05) is 85.0 Å². The highest BCUT2D eigenvalue weighted by Crippen LogP contribution is 2.47. The molecule has 0 aliphatic heterocycles. The standard InChI is InChI=1S/C35H34F3N5O2/c1-24(25-9-5-3-6-10-25)40-33(45)41-28-13-16-30(17-14-28)43-31(23-29(42-43)15-18-32(44)39-2)34(35(36,37)38)21-19-27(20-22-34)26-11-7-4-8-12-26/h3-14,16-17,19-24,27H,15,18H2,1-2H3,(H,39,44)(H2,40,41,45)/t24-,27?,34?/m1/s1. The van der Waals surface area contributed by atoms with Crippen molar-refractivity contribution in [2.45, 2.75) is 43.3 Å². The van der Waals surface area contributed by atoms with E-state index in [1.807, 2.05) is 67.6 Å². The number of halogens is 3. The molecule has 7 nitrogen and oxygen atoms in total. The molecule has 0 fully saturated rings. The van der Waals surface area contributed by atoms with E-state index in [0.717, 1.165) is 11.1 Å². The Morgan fingerprint density at radius 1 is 0.933 bits per heavy atom. The molecule has 3 aromatic carbocycles. The number of aryl methyl sites for hydroxylation is 1. The number of nitrogens with zero attached hydrogens (tertiary/aromatic N) is 2. The van der Waals surface area contributed by atoms with Crippen molar-refractivity contribution in [2.24, 2.45) is 0 Å². The molecule has 5 rings (SSSR count). The first-order valence-corrected chi connectivity index (χ1v) is 14.6. The molecule has 1 aliphatic rings. The third-order valence-electron chi connectivity index (χ3n) is 7.87. The maximum atomic E-state index is 15.1. The summed E-state index contributed by atoms with van der Waals surface area (Å²) in [5, 5.41) is 12.7. The van der Waals surface area contributed by atoms with Crippen LogP contribution in [0.15, 0.2) is 115 Å². The Morgan fingerprint density at radius 3 is 2.16 bits per heavy atom. The van der Waals surface area contributed by atoms with Gasteiger partial charge in [0.1, 0.15) is 5.41 Å². The number of aromatic nitrogens is 2. The van der Waals surface area contributed by atoms with Crippen LogP contribution in [-0.4, -0.2) is 34.9 Å². The van der Waals surface area contributed by atoms with E-state index in [4.69, 9.17) is 0 Å². The predicted molar refractivity (Wildman–Crippen MR) is 168 cm³/mol. The first-order chi connectivity index (χ1) is 21.6. The number of urea groups is 1. The van der Waals surface area contributed by atoms with Crippen LogP contribution in [0, 0.1) is 0 Å². The molecule has 45 heavy (non-hydrogen) atoms. The van der Waals surface area contributed by atoms with Gasteiger partial charge in [0.15, 0.2) is 0 Å². The first kappa shape index (κ1) is 31.3. The molecule has 0 saturated heterocycles. The highest BCUT2D eigenvalue weighted by molar-refractivity contribution is 5.89. The Labute approximate surface area is 259 Å². The summed E-state index contributed by atoms with van der Waals surface area (Å²) in [4.78, 5) is 24.6. The van der Waals surface area contributed by atoms with Gasteiger partial charge in [0, 0.05) is 31.5 Å². The van der Waals surface area contributed by atoms with E-state index in [9.17, 15) is 9.59 Å². The smallest absolute Gasteiger partial charge is 0.359 e. The minimum absolute atomic E-state index is 0.0765. The van der Waals surface area contributed by atoms with Crippen molar-refractivity contribution in [1.82, 2.24) is 20.4 Å². The summed E-state index contributed by atoms with van der Waals surface area (Å²) < 4.78 is 46.4. The average Bonchev–Trinajstić information content (AvgIpc) is 3.49. The maximum absolute atomic E-state index is 15.1. The van der Waals surface area contributed by atoms with Gasteiger partial charge < -0.3 is 16.0 Å². The molecule has 232 valence electrons. The molecule has 0 unspecified atom stereocenters. The SMILES string of the molecule is CNC(=O)CCc1cc(C2(C(F)(F)F)C=CC(c3ccccc3)C=C2)n(-c2ccc(NC(=O)N[C@H](C)c3ccccc3)cc2)n1. The zero-order valence-corrected chi connectivity index (χ0v) is 24.9. The molecule has 1 aliphatic carbocycles. The van der Waals surface area contributed by atoms with Gasteiger partial charge in [-0.2, -0.15) is 18.3 Å². The van der Waals surface area contributed by atoms with Crippen LogP contribution in [0.25, 0.3) is 5.69 Å². The van der Waals surface area contributed by atoms with E-state index >= 15 is 13.2 Å². The van der Waals surface area contributed by atoms with Crippen LogP contribution in [-0.2, 0) is 16.6 Å². The number of alkyl halides is 3. The molecule has 0 spiro atoms. The number of hydrogen-bond acceptors (Lipinski definition) is 3. The highest BCUT2D eigenvalue weighted by atomic mass is 19.4. The lowest BCUT2D eigenvalue weighted by atomic mass is 9.76. The van der Waals surface area contributed by atoms with Gasteiger partial charge in [-0.25, -0.2) is 9.48 Å². The van der Waals surface area contributed by atoms with Crippen molar-refractivity contribution in [2.75, 3.05) is 12.4 Å². The van der Waals surface area contributed by atoms with Crippen LogP contribution >= 0.6 is 0 Å². The molecule has 0 saturated carbocycles. The maximum Gasteiger partial charge on any atom is 0.406 e. The Balaban J connectivity index is 1.45. The Hall–Kier alpha value is -5.12. The summed E-state index contributed by atoms with van der Waals surface area (Å²) in [6.45, 7) is 1.87. The molecule has 0 bridgehead atoms. The number of carbonyl (C=O) groups is 2. The van der Waals surface area contributed by atoms with Gasteiger partial charge in [-0.15, -0.1) is 0 Å². The molecule has 1 heterocycles. The third kappa shape index (κ3) is 7.01. The number of amides is 3. The van der Waals surface area contributed by atoms with Crippen molar-refractivity contribution >= 4 is 17.6 Å². The summed E-state index contributed by atoms with van der Waals surface area (Å²) in [5.74, 6) is -0.554. The zero-order valence-electron chi connectivity index (χ0n) is 24.9. The zero-order chi connectivity index (χ0) is 32.0. The Kier molecular flexibility index (Phi) is 9.22. The quantitative estimate of drug-likeness (QED) is 0.175. The molecular weight excluding hydrogens is 579 g/mol. The van der Waals surface area contributed by atoms with Gasteiger partial charge in [-0.3, -0.25) is 4.79 Å². The molecule has 3 N–H and O–H groups in total. The van der Waals surface area contributed by atoms with Crippen LogP contribution < -0.4 is 16.0 Å². The van der Waals surface area contributed by atoms with Gasteiger partial charge in [0.2, 0.25) is 5.91 Å². The molecule has 10 heteroatoms. The van der Waals surface area contributed by atoms with Crippen molar-refractivity contribution in [3.05, 3.63) is 138 Å². The van der Waals surface area contributed by atoms with E-state index in [2.05, 4.69) is 21.0 Å². The van der Waals surface area contributed by atoms with Gasteiger partial charge in [-0.05, 0) is 48.4 Å². The molecule has 4 aromatic rings. The van der Waals surface area contributed by atoms with Crippen LogP contribution in [0.3, 0.4) is 0 Å². The van der Waals surface area contributed by atoms with Gasteiger partial charge >= 0.3 is 12.2 Å². The second-order valence-corrected chi connectivity index (χ2v) is 10.9. The highest BCUT2D eigenvalue weighted by Gasteiger charge is 2.55. The van der Waals surface area contributed by atoms with Crippen LogP contribution in [0.2, 0.25) is 0 Å². The number of benzene rings is 3. The number of nitrogens with one attached hydrogen (secondary N) is 3. The van der Waals surface area contributed by atoms with Gasteiger partial charge in [0.25, 0.3) is 0 Å². The summed E-state index contributed by atoms with van der Waals surface area (Å²) >= 11 is 0. The lowest BCUT2D eigenvalue weighted by molar-refractivity contribution is -0.164. The fraction of sp³-hybridized carbons (Fsp3) is 0.229. The van der Waals surface area contributed by atoms with Crippen molar-refractivity contribution in [1.29, 1.82) is 0 Å². The van der Waals surface area contributed by atoms with Crippen molar-refractivity contribution < 1.29 is 22.8 Å². The van der Waals surface area contributed by atoms with E-state index in [1.54, 1.807) is 36.4 Å². The Morgan fingerprint density at radius 2 is 1.56 bits per heavy atom. The van der Waals surface area contributed by atoms with Crippen molar-refractivity contribution in [3.63, 3.8) is 0 Å². The van der Waals surface area contributed by atoms with E-state index < -0.39 is 17.6 Å². The summed E-state index contributed by atoms with van der Waals surface area (Å²) in [7, 11) is 1.50. The molecule has 0 radical (unpaired) electrons. The van der Waals surface area contributed by atoms with E-state index in [0.29, 0.717) is 17.1 Å². The molecule has 1 atom stereocenters. The average molecular weight is 614 g/mol. The number of anilines is 1. The van der Waals surface area contributed by atoms with Crippen LogP contribution in [0.1, 0.15) is 47.8 Å². The summed E-state index contributed by atoms with van der Waals surface area (Å²) in [5.41, 5.74) is 0.443. The Bertz CT molecular complexity index is 1670. The minimum Gasteiger partial charge on any atom is -0.359 e. The third-order valence-corrected chi connectivity index (χ3v) is 7.87. The largest absolute Gasteiger partial charge is 0.406 e. The second kappa shape index (κ2) is 13.3. The molecule has 1 aromatic heterocycles. The number of allylic oxidation sites excluding steroid dienone is 4. The topological polar surface area (TPSA) is 88.0 Å². The monoisotopic (exact) mass is 613 g/mol. The fourth-order valence-corrected chi connectivity index (χ4v) is 5.32. The number of hydrogen-bond donors (Lipinski definition) is 3. The molecule has 3 amide bonds. The lowest BCUT2D eigenvalue weighted by Crippen LogP contribution is -2.41. The fourth-order valence-electron chi connectivity index (χ4n) is 5.32. The lowest BCUT2D eigenvalue weighted by Gasteiger charge is -2.33. The number of carbonyl (C=O) groups excluding carboxylic acids is 2. The van der Waals surface area contributed by atoms with Crippen LogP contribution in [0.5, 0.6) is 0 Å². The summed E-state index contributed by atoms with van der Waals surface area (Å²) in [6.07, 6.45) is 1.05. The van der Waals surface area contributed by atoms with E-state index in [-0.39, 0.29) is 36.4 Å². The van der Waals surface area contributed by atoms with Gasteiger partial charge in [0.05, 0.1) is 23.1 Å². The molecular formula is C35H34F3N5O2. The van der Waals surface area contributed by atoms with Crippen molar-refractivity contribution in [3.8, 4) is 5.69 Å². The summed E-state index contributed by atoms with van der Waals surface area (Å²) in [6, 6.07) is 26.0. The van der Waals surface area contributed by atoms with Crippen LogP contribution in [0.4, 0.5) is 23.7 Å². The number of rotatable bonds is 9. The van der Waals surface area contributed by atoms with E-state index in [1.165, 1.54) is 29.9 Å². The second-order valence-electron chi connectivity index (χ2n) is 10.9.